The normalized spacial score (nSPS) is 17.0. The molecule has 2 heterocycles. The van der Waals surface area contributed by atoms with Crippen LogP contribution in [0.1, 0.15) is 22.5 Å². The highest BCUT2D eigenvalue weighted by molar-refractivity contribution is 9.10. The molecular weight excluding hydrogens is 546 g/mol. The van der Waals surface area contributed by atoms with Crippen LogP contribution in [0.15, 0.2) is 55.8 Å². The molecule has 1 fully saturated rings. The van der Waals surface area contributed by atoms with Crippen LogP contribution in [0.25, 0.3) is 11.0 Å². The lowest BCUT2D eigenvalue weighted by molar-refractivity contribution is -0.127. The molecule has 2 atom stereocenters. The number of halogens is 2. The molecule has 10 heteroatoms. The summed E-state index contributed by atoms with van der Waals surface area (Å²) in [5, 5.41) is 12.9. The average molecular weight is 565 g/mol. The number of rotatable bonds is 6. The Bertz CT molecular complexity index is 1230. The van der Waals surface area contributed by atoms with Crippen molar-refractivity contribution in [2.45, 2.75) is 24.9 Å². The van der Waals surface area contributed by atoms with Gasteiger partial charge >= 0.3 is 5.97 Å². The number of nitrogens with zero attached hydrogens (tertiary/aromatic N) is 1. The Morgan fingerprint density at radius 3 is 2.72 bits per heavy atom. The molecular formula is C22H19Br2N3O5. The van der Waals surface area contributed by atoms with Gasteiger partial charge in [0.1, 0.15) is 17.4 Å². The number of benzene rings is 2. The molecule has 0 spiro atoms. The van der Waals surface area contributed by atoms with Crippen molar-refractivity contribution < 1.29 is 23.9 Å². The highest BCUT2D eigenvalue weighted by atomic mass is 79.9. The van der Waals surface area contributed by atoms with Crippen LogP contribution in [0.5, 0.6) is 0 Å². The highest BCUT2D eigenvalue weighted by Gasteiger charge is 2.35. The minimum Gasteiger partial charge on any atom is -0.478 e. The van der Waals surface area contributed by atoms with Crippen LogP contribution in [0.4, 0.5) is 5.69 Å². The maximum atomic E-state index is 12.8. The van der Waals surface area contributed by atoms with E-state index >= 15 is 0 Å². The maximum Gasteiger partial charge on any atom is 0.335 e. The summed E-state index contributed by atoms with van der Waals surface area (Å²) in [5.41, 5.74) is 7.29. The van der Waals surface area contributed by atoms with Crippen LogP contribution in [0.2, 0.25) is 0 Å². The number of carboxylic acids is 1. The number of amides is 2. The third-order valence-electron chi connectivity index (χ3n) is 5.25. The minimum atomic E-state index is -1.09. The van der Waals surface area contributed by atoms with Gasteiger partial charge in [0.05, 0.1) is 11.6 Å². The first-order valence-electron chi connectivity index (χ1n) is 9.80. The Morgan fingerprint density at radius 1 is 1.19 bits per heavy atom. The number of fused-ring (bicyclic) bond motifs is 1. The maximum absolute atomic E-state index is 12.8. The topological polar surface area (TPSA) is 126 Å². The molecule has 2 amide bonds. The van der Waals surface area contributed by atoms with Crippen molar-refractivity contribution in [3.63, 3.8) is 0 Å². The number of carbonyl (C=O) groups is 3. The van der Waals surface area contributed by atoms with Gasteiger partial charge in [0.2, 0.25) is 11.8 Å². The summed E-state index contributed by atoms with van der Waals surface area (Å²) in [6.45, 7) is 0.354. The number of hydrogen-bond acceptors (Lipinski definition) is 5. The fourth-order valence-electron chi connectivity index (χ4n) is 3.68. The third kappa shape index (κ3) is 4.72. The number of aromatic carboxylic acids is 1. The number of hydrogen-bond donors (Lipinski definition) is 3. The number of anilines is 1. The Labute approximate surface area is 200 Å². The van der Waals surface area contributed by atoms with Crippen molar-refractivity contribution in [3.8, 4) is 0 Å². The molecule has 0 aliphatic carbocycles. The number of nitrogens with two attached hydrogens (primary N) is 1. The van der Waals surface area contributed by atoms with E-state index in [0.717, 1.165) is 9.86 Å². The zero-order chi connectivity index (χ0) is 23.0. The molecule has 166 valence electrons. The fourth-order valence-corrected chi connectivity index (χ4v) is 4.54. The summed E-state index contributed by atoms with van der Waals surface area (Å²) in [4.78, 5) is 38.2. The van der Waals surface area contributed by atoms with Crippen LogP contribution >= 0.6 is 31.9 Å². The van der Waals surface area contributed by atoms with Crippen LogP contribution in [-0.4, -0.2) is 41.5 Å². The number of carboxylic acid groups (broad SMARTS) is 1. The summed E-state index contributed by atoms with van der Waals surface area (Å²) in [6, 6.07) is 10.4. The predicted octanol–water partition coefficient (Wildman–Crippen LogP) is 3.45. The van der Waals surface area contributed by atoms with E-state index < -0.39 is 24.0 Å². The van der Waals surface area contributed by atoms with Gasteiger partial charge in [-0.1, -0.05) is 31.9 Å². The van der Waals surface area contributed by atoms with Crippen LogP contribution in [-0.2, 0) is 16.0 Å². The van der Waals surface area contributed by atoms with Crippen molar-refractivity contribution >= 4 is 66.3 Å². The van der Waals surface area contributed by atoms with Crippen LogP contribution < -0.4 is 16.0 Å². The summed E-state index contributed by atoms with van der Waals surface area (Å²) in [7, 11) is 0. The van der Waals surface area contributed by atoms with E-state index in [4.69, 9.17) is 10.2 Å². The van der Waals surface area contributed by atoms with E-state index in [1.165, 1.54) is 17.0 Å². The molecule has 0 saturated carbocycles. The smallest absolute Gasteiger partial charge is 0.335 e. The Hall–Kier alpha value is -2.69. The molecule has 1 aliphatic rings. The van der Waals surface area contributed by atoms with Gasteiger partial charge < -0.3 is 25.5 Å². The van der Waals surface area contributed by atoms with E-state index in [0.29, 0.717) is 34.5 Å². The molecule has 2 unspecified atom stereocenters. The standard InChI is InChI=1S/C22H19Br2N3O5/c23-13-1-2-19-11(5-13)8-16(32-19)10-17(25)20(28)26-18-3-4-27(21(18)29)15-7-12(22(30)31)6-14(24)9-15/h1-2,5-9,17-18H,3-4,10,25H2,(H,26,28)(H,30,31). The van der Waals surface area contributed by atoms with Gasteiger partial charge in [-0.2, -0.15) is 0 Å². The van der Waals surface area contributed by atoms with Gasteiger partial charge in [-0.3, -0.25) is 9.59 Å². The van der Waals surface area contributed by atoms with Crippen molar-refractivity contribution in [2.75, 3.05) is 11.4 Å². The van der Waals surface area contributed by atoms with E-state index in [2.05, 4.69) is 37.2 Å². The number of nitrogens with one attached hydrogen (secondary N) is 1. The van der Waals surface area contributed by atoms with Crippen molar-refractivity contribution in [1.82, 2.24) is 5.32 Å². The first kappa shape index (κ1) is 22.5. The zero-order valence-electron chi connectivity index (χ0n) is 16.7. The van der Waals surface area contributed by atoms with E-state index in [1.807, 2.05) is 24.3 Å². The Morgan fingerprint density at radius 2 is 1.97 bits per heavy atom. The summed E-state index contributed by atoms with van der Waals surface area (Å²) < 4.78 is 7.21. The molecule has 1 aliphatic heterocycles. The van der Waals surface area contributed by atoms with Crippen LogP contribution in [0.3, 0.4) is 0 Å². The van der Waals surface area contributed by atoms with E-state index in [-0.39, 0.29) is 17.9 Å². The second kappa shape index (κ2) is 9.05. The predicted molar refractivity (Wildman–Crippen MR) is 126 cm³/mol. The van der Waals surface area contributed by atoms with Gasteiger partial charge in [0.15, 0.2) is 0 Å². The largest absolute Gasteiger partial charge is 0.478 e. The lowest BCUT2D eigenvalue weighted by atomic mass is 10.1. The van der Waals surface area contributed by atoms with Gasteiger partial charge in [-0.25, -0.2) is 4.79 Å². The van der Waals surface area contributed by atoms with E-state index in [1.54, 1.807) is 6.07 Å². The number of carbonyl (C=O) groups excluding carboxylic acids is 2. The molecule has 8 nitrogen and oxygen atoms in total. The molecule has 0 radical (unpaired) electrons. The second-order valence-electron chi connectivity index (χ2n) is 7.55. The molecule has 0 bridgehead atoms. The lowest BCUT2D eigenvalue weighted by Gasteiger charge is -2.19. The van der Waals surface area contributed by atoms with Crippen molar-refractivity contribution in [3.05, 3.63) is 62.7 Å². The molecule has 2 aromatic carbocycles. The average Bonchev–Trinajstić information content (AvgIpc) is 3.29. The van der Waals surface area contributed by atoms with Gasteiger partial charge in [-0.05, 0) is 48.9 Å². The Kier molecular flexibility index (Phi) is 6.36. The monoisotopic (exact) mass is 563 g/mol. The second-order valence-corrected chi connectivity index (χ2v) is 9.38. The lowest BCUT2D eigenvalue weighted by Crippen LogP contribution is -2.49. The molecule has 4 N–H and O–H groups in total. The van der Waals surface area contributed by atoms with Gasteiger partial charge in [0, 0.05) is 33.0 Å². The summed E-state index contributed by atoms with van der Waals surface area (Å²) >= 11 is 6.68. The molecule has 3 aromatic rings. The summed E-state index contributed by atoms with van der Waals surface area (Å²) in [6.07, 6.45) is 0.585. The summed E-state index contributed by atoms with van der Waals surface area (Å²) in [5.74, 6) is -1.27. The Balaban J connectivity index is 1.41. The van der Waals surface area contributed by atoms with E-state index in [9.17, 15) is 19.5 Å². The molecule has 32 heavy (non-hydrogen) atoms. The first-order valence-corrected chi connectivity index (χ1v) is 11.4. The fraction of sp³-hybridized carbons (Fsp3) is 0.227. The SMILES string of the molecule is NC(Cc1cc2cc(Br)ccc2o1)C(=O)NC1CCN(c2cc(Br)cc(C(=O)O)c2)C1=O. The number of furan rings is 1. The van der Waals surface area contributed by atoms with Crippen LogP contribution in [0, 0.1) is 0 Å². The quantitative estimate of drug-likeness (QED) is 0.421. The minimum absolute atomic E-state index is 0.0644. The molecule has 4 rings (SSSR count). The molecule has 1 saturated heterocycles. The van der Waals surface area contributed by atoms with Gasteiger partial charge in [-0.15, -0.1) is 0 Å². The first-order chi connectivity index (χ1) is 15.2. The highest BCUT2D eigenvalue weighted by Crippen LogP contribution is 2.27. The van der Waals surface area contributed by atoms with Gasteiger partial charge in [0.25, 0.3) is 0 Å². The third-order valence-corrected chi connectivity index (χ3v) is 6.20. The molecule has 1 aromatic heterocycles. The van der Waals surface area contributed by atoms with Crippen molar-refractivity contribution in [2.24, 2.45) is 5.73 Å². The zero-order valence-corrected chi connectivity index (χ0v) is 19.9. The van der Waals surface area contributed by atoms with Crippen molar-refractivity contribution in [1.29, 1.82) is 0 Å².